The van der Waals surface area contributed by atoms with E-state index >= 15 is 0 Å². The maximum atomic E-state index is 12.6. The molecular formula is C20H37N5O3. The van der Waals surface area contributed by atoms with Crippen LogP contribution in [0.2, 0.25) is 0 Å². The zero-order valence-corrected chi connectivity index (χ0v) is 18.2. The molecule has 8 nitrogen and oxygen atoms in total. The van der Waals surface area contributed by atoms with Crippen molar-refractivity contribution in [3.8, 4) is 0 Å². The fraction of sp³-hybridized carbons (Fsp3) is 0.750. The molecule has 0 saturated heterocycles. The van der Waals surface area contributed by atoms with Crippen LogP contribution in [0.15, 0.2) is 9.59 Å². The van der Waals surface area contributed by atoms with Gasteiger partial charge in [0.2, 0.25) is 5.91 Å². The first-order chi connectivity index (χ1) is 13.0. The lowest BCUT2D eigenvalue weighted by Gasteiger charge is -2.29. The molecule has 1 aromatic rings. The van der Waals surface area contributed by atoms with E-state index in [0.29, 0.717) is 19.0 Å². The number of nitrogen functional groups attached to an aromatic ring is 1. The third-order valence-corrected chi connectivity index (χ3v) is 4.94. The molecule has 1 rings (SSSR count). The Labute approximate surface area is 167 Å². The molecule has 0 aliphatic carbocycles. The number of aromatic nitrogens is 2. The number of aromatic amines is 1. The van der Waals surface area contributed by atoms with Crippen molar-refractivity contribution < 1.29 is 4.79 Å². The Morgan fingerprint density at radius 1 is 1.29 bits per heavy atom. The Kier molecular flexibility index (Phi) is 8.78. The van der Waals surface area contributed by atoms with Gasteiger partial charge in [0.25, 0.3) is 5.56 Å². The number of H-pyrrole nitrogens is 1. The van der Waals surface area contributed by atoms with Gasteiger partial charge >= 0.3 is 5.69 Å². The number of unbranched alkanes of at least 4 members (excludes halogenated alkanes) is 1. The van der Waals surface area contributed by atoms with Crippen molar-refractivity contribution in [2.24, 2.45) is 5.92 Å². The Morgan fingerprint density at radius 2 is 1.93 bits per heavy atom. The summed E-state index contributed by atoms with van der Waals surface area (Å²) in [4.78, 5) is 41.4. The molecule has 0 bridgehead atoms. The van der Waals surface area contributed by atoms with Crippen LogP contribution in [-0.2, 0) is 11.3 Å². The summed E-state index contributed by atoms with van der Waals surface area (Å²) in [5, 5.41) is 2.99. The van der Waals surface area contributed by atoms with Gasteiger partial charge in [-0.15, -0.1) is 0 Å². The normalized spacial score (nSPS) is 11.7. The molecule has 28 heavy (non-hydrogen) atoms. The number of amides is 1. The van der Waals surface area contributed by atoms with Crippen molar-refractivity contribution in [1.82, 2.24) is 14.9 Å². The molecule has 0 atom stereocenters. The third-order valence-electron chi connectivity index (χ3n) is 4.94. The number of carbonyl (C=O) groups is 1. The lowest BCUT2D eigenvalue weighted by Crippen LogP contribution is -2.49. The van der Waals surface area contributed by atoms with Crippen molar-refractivity contribution in [1.29, 1.82) is 0 Å². The average Bonchev–Trinajstić information content (AvgIpc) is 2.58. The summed E-state index contributed by atoms with van der Waals surface area (Å²) in [6, 6.07) is 0. The quantitative estimate of drug-likeness (QED) is 0.531. The molecule has 0 aliphatic rings. The molecule has 0 radical (unpaired) electrons. The van der Waals surface area contributed by atoms with Crippen molar-refractivity contribution >= 4 is 17.4 Å². The van der Waals surface area contributed by atoms with E-state index in [2.05, 4.69) is 24.1 Å². The smallest absolute Gasteiger partial charge is 0.330 e. The largest absolute Gasteiger partial charge is 0.383 e. The second-order valence-electron chi connectivity index (χ2n) is 8.39. The average molecular weight is 396 g/mol. The second kappa shape index (κ2) is 10.3. The van der Waals surface area contributed by atoms with Crippen molar-refractivity contribution in [2.75, 3.05) is 23.7 Å². The van der Waals surface area contributed by atoms with E-state index in [1.165, 1.54) is 4.57 Å². The lowest BCUT2D eigenvalue weighted by atomic mass is 10.0. The van der Waals surface area contributed by atoms with Crippen LogP contribution < -0.4 is 27.2 Å². The molecule has 0 fully saturated rings. The molecule has 0 saturated carbocycles. The summed E-state index contributed by atoms with van der Waals surface area (Å²) >= 11 is 0. The SMILES string of the molecule is CCCCn1c(N)c(N(CCC(C)C)CC(=O)NC(C)(C)CC)c(=O)[nH]c1=O. The van der Waals surface area contributed by atoms with E-state index in [9.17, 15) is 14.4 Å². The maximum Gasteiger partial charge on any atom is 0.330 e. The molecule has 0 unspecified atom stereocenters. The molecule has 0 aliphatic heterocycles. The predicted molar refractivity (Wildman–Crippen MR) is 115 cm³/mol. The van der Waals surface area contributed by atoms with Crippen LogP contribution in [0.1, 0.15) is 67.2 Å². The minimum absolute atomic E-state index is 0.00934. The van der Waals surface area contributed by atoms with Crippen molar-refractivity contribution in [2.45, 2.75) is 79.3 Å². The molecule has 1 aromatic heterocycles. The minimum Gasteiger partial charge on any atom is -0.383 e. The van der Waals surface area contributed by atoms with Crippen LogP contribution in [0.3, 0.4) is 0 Å². The fourth-order valence-electron chi connectivity index (χ4n) is 2.78. The maximum absolute atomic E-state index is 12.6. The van der Waals surface area contributed by atoms with Crippen LogP contribution in [0.5, 0.6) is 0 Å². The van der Waals surface area contributed by atoms with E-state index in [4.69, 9.17) is 5.73 Å². The van der Waals surface area contributed by atoms with Gasteiger partial charge in [-0.05, 0) is 39.0 Å². The number of anilines is 2. The summed E-state index contributed by atoms with van der Waals surface area (Å²) in [5.41, 5.74) is 5.02. The standard InChI is InChI=1S/C20H37N5O3/c1-7-9-11-25-17(21)16(18(27)22-19(25)28)24(12-10-14(3)4)13-15(26)23-20(5,6)8-2/h14H,7-13,21H2,1-6H3,(H,23,26)(H,22,27,28). The third kappa shape index (κ3) is 6.73. The van der Waals surface area contributed by atoms with Gasteiger partial charge < -0.3 is 16.0 Å². The van der Waals surface area contributed by atoms with E-state index < -0.39 is 11.2 Å². The Morgan fingerprint density at radius 3 is 2.46 bits per heavy atom. The molecule has 4 N–H and O–H groups in total. The highest BCUT2D eigenvalue weighted by Gasteiger charge is 2.24. The van der Waals surface area contributed by atoms with Crippen LogP contribution in [0.25, 0.3) is 0 Å². The van der Waals surface area contributed by atoms with Gasteiger partial charge in [-0.1, -0.05) is 34.1 Å². The summed E-state index contributed by atoms with van der Waals surface area (Å²) in [6.45, 7) is 13.0. The summed E-state index contributed by atoms with van der Waals surface area (Å²) < 4.78 is 1.39. The van der Waals surface area contributed by atoms with E-state index in [0.717, 1.165) is 25.7 Å². The minimum atomic E-state index is -0.554. The highest BCUT2D eigenvalue weighted by Crippen LogP contribution is 2.19. The van der Waals surface area contributed by atoms with Crippen LogP contribution in [0.4, 0.5) is 11.5 Å². The number of rotatable bonds is 11. The molecule has 1 amide bonds. The molecular weight excluding hydrogens is 358 g/mol. The van der Waals surface area contributed by atoms with Gasteiger partial charge in [-0.25, -0.2) is 4.79 Å². The molecule has 0 spiro atoms. The van der Waals surface area contributed by atoms with Gasteiger partial charge in [0, 0.05) is 18.6 Å². The number of nitrogens with two attached hydrogens (primary N) is 1. The number of hydrogen-bond donors (Lipinski definition) is 3. The lowest BCUT2D eigenvalue weighted by molar-refractivity contribution is -0.121. The zero-order valence-electron chi connectivity index (χ0n) is 18.2. The highest BCUT2D eigenvalue weighted by molar-refractivity contribution is 5.83. The Balaban J connectivity index is 3.28. The van der Waals surface area contributed by atoms with E-state index in [1.807, 2.05) is 27.7 Å². The topological polar surface area (TPSA) is 113 Å². The van der Waals surface area contributed by atoms with Crippen molar-refractivity contribution in [3.05, 3.63) is 20.8 Å². The first kappa shape index (κ1) is 23.8. The Hall–Kier alpha value is -2.25. The van der Waals surface area contributed by atoms with Crippen LogP contribution >= 0.6 is 0 Å². The van der Waals surface area contributed by atoms with Crippen LogP contribution in [-0.4, -0.2) is 34.1 Å². The number of nitrogens with one attached hydrogen (secondary N) is 2. The van der Waals surface area contributed by atoms with Gasteiger partial charge in [-0.2, -0.15) is 0 Å². The molecule has 8 heteroatoms. The van der Waals surface area contributed by atoms with Gasteiger partial charge in [0.1, 0.15) is 11.5 Å². The summed E-state index contributed by atoms with van der Waals surface area (Å²) in [6.07, 6.45) is 3.24. The monoisotopic (exact) mass is 395 g/mol. The van der Waals surface area contributed by atoms with Gasteiger partial charge in [-0.3, -0.25) is 19.1 Å². The molecule has 160 valence electrons. The van der Waals surface area contributed by atoms with E-state index in [1.54, 1.807) is 4.90 Å². The summed E-state index contributed by atoms with van der Waals surface area (Å²) in [5.74, 6) is 0.332. The number of nitrogens with zero attached hydrogens (tertiary/aromatic N) is 2. The molecule has 0 aromatic carbocycles. The first-order valence-electron chi connectivity index (χ1n) is 10.2. The number of hydrogen-bond acceptors (Lipinski definition) is 5. The number of carbonyl (C=O) groups excluding carboxylic acids is 1. The zero-order chi connectivity index (χ0) is 21.5. The molecule has 1 heterocycles. The first-order valence-corrected chi connectivity index (χ1v) is 10.2. The predicted octanol–water partition coefficient (Wildman–Crippen LogP) is 2.08. The highest BCUT2D eigenvalue weighted by atomic mass is 16.2. The fourth-order valence-corrected chi connectivity index (χ4v) is 2.78. The van der Waals surface area contributed by atoms with Gasteiger partial charge in [0.05, 0.1) is 6.54 Å². The van der Waals surface area contributed by atoms with E-state index in [-0.39, 0.29) is 29.5 Å². The Bertz CT molecular complexity index is 764. The second-order valence-corrected chi connectivity index (χ2v) is 8.39. The summed E-state index contributed by atoms with van der Waals surface area (Å²) in [7, 11) is 0. The van der Waals surface area contributed by atoms with Crippen LogP contribution in [0, 0.1) is 5.92 Å². The van der Waals surface area contributed by atoms with Gasteiger partial charge in [0.15, 0.2) is 0 Å². The van der Waals surface area contributed by atoms with Crippen molar-refractivity contribution in [3.63, 3.8) is 0 Å².